The lowest BCUT2D eigenvalue weighted by Crippen LogP contribution is -2.07. The van der Waals surface area contributed by atoms with Crippen LogP contribution in [0.5, 0.6) is 11.5 Å². The number of rotatable bonds is 8. The molecule has 0 saturated carbocycles. The molecule has 32 heavy (non-hydrogen) atoms. The van der Waals surface area contributed by atoms with Crippen molar-refractivity contribution in [2.75, 3.05) is 7.11 Å². The van der Waals surface area contributed by atoms with Crippen LogP contribution in [0.2, 0.25) is 0 Å². The highest BCUT2D eigenvalue weighted by atomic mass is 16.5. The molecule has 0 aromatic heterocycles. The Balaban J connectivity index is 1.57. The van der Waals surface area contributed by atoms with Crippen LogP contribution in [0.1, 0.15) is 22.3 Å². The van der Waals surface area contributed by atoms with E-state index in [0.717, 1.165) is 33.2 Å². The fourth-order valence-corrected chi connectivity index (χ4v) is 3.54. The van der Waals surface area contributed by atoms with Crippen molar-refractivity contribution in [3.8, 4) is 17.6 Å². The number of methoxy groups -OCH3 is 1. The third-order valence-corrected chi connectivity index (χ3v) is 5.20. The molecule has 0 heterocycles. The van der Waals surface area contributed by atoms with Crippen LogP contribution in [0, 0.1) is 11.3 Å². The van der Waals surface area contributed by atoms with Gasteiger partial charge >= 0.3 is 0 Å². The Hall–Kier alpha value is -4.30. The summed E-state index contributed by atoms with van der Waals surface area (Å²) in [6.07, 6.45) is 1.78. The van der Waals surface area contributed by atoms with E-state index in [0.29, 0.717) is 24.5 Å². The summed E-state index contributed by atoms with van der Waals surface area (Å²) < 4.78 is 11.5. The fourth-order valence-electron chi connectivity index (χ4n) is 3.54. The van der Waals surface area contributed by atoms with E-state index in [2.05, 4.69) is 22.7 Å². The number of benzene rings is 4. The molecule has 0 spiro atoms. The lowest BCUT2D eigenvalue weighted by molar-refractivity contribution is 0.306. The van der Waals surface area contributed by atoms with E-state index < -0.39 is 0 Å². The topological polar surface area (TPSA) is 66.6 Å². The highest BCUT2D eigenvalue weighted by molar-refractivity contribution is 6.02. The zero-order valence-electron chi connectivity index (χ0n) is 17.8. The SMILES string of the molecule is COc1ccccc1CN/N=C\c1c(OCc2ccccc2C#N)ccc2ccccc12. The van der Waals surface area contributed by atoms with Crippen molar-refractivity contribution in [3.63, 3.8) is 0 Å². The zero-order chi connectivity index (χ0) is 22.2. The molecule has 1 N–H and O–H groups in total. The third-order valence-electron chi connectivity index (χ3n) is 5.20. The van der Waals surface area contributed by atoms with Gasteiger partial charge in [0.15, 0.2) is 0 Å². The van der Waals surface area contributed by atoms with Crippen LogP contribution in [-0.4, -0.2) is 13.3 Å². The predicted molar refractivity (Wildman–Crippen MR) is 127 cm³/mol. The van der Waals surface area contributed by atoms with Crippen molar-refractivity contribution in [2.45, 2.75) is 13.2 Å². The molecule has 4 aromatic carbocycles. The standard InChI is InChI=1S/C27H23N3O2/c1-31-26-13-7-5-10-22(26)17-29-30-18-25-24-12-6-4-8-20(24)14-15-27(25)32-19-23-11-3-2-9-21(23)16-28/h2-15,18,29H,17,19H2,1H3/b30-18-. The van der Waals surface area contributed by atoms with Gasteiger partial charge in [0.2, 0.25) is 0 Å². The number of ether oxygens (including phenoxy) is 2. The molecule has 5 nitrogen and oxygen atoms in total. The molecule has 0 saturated heterocycles. The molecule has 0 fully saturated rings. The van der Waals surface area contributed by atoms with Crippen LogP contribution >= 0.6 is 0 Å². The summed E-state index contributed by atoms with van der Waals surface area (Å²) in [7, 11) is 1.66. The van der Waals surface area contributed by atoms with Gasteiger partial charge in [-0.15, -0.1) is 0 Å². The molecule has 0 aliphatic heterocycles. The maximum absolute atomic E-state index is 9.34. The first kappa shape index (κ1) is 21.0. The number of hydrogen-bond acceptors (Lipinski definition) is 5. The summed E-state index contributed by atoms with van der Waals surface area (Å²) in [6.45, 7) is 0.842. The van der Waals surface area contributed by atoms with Crippen molar-refractivity contribution in [1.29, 1.82) is 5.26 Å². The number of fused-ring (bicyclic) bond motifs is 1. The van der Waals surface area contributed by atoms with Gasteiger partial charge in [-0.2, -0.15) is 10.4 Å². The van der Waals surface area contributed by atoms with Crippen molar-refractivity contribution in [2.24, 2.45) is 5.10 Å². The second-order valence-electron chi connectivity index (χ2n) is 7.16. The minimum atomic E-state index is 0.303. The maximum atomic E-state index is 9.34. The lowest BCUT2D eigenvalue weighted by Gasteiger charge is -2.13. The predicted octanol–water partition coefficient (Wildman–Crippen LogP) is 5.42. The number of nitriles is 1. The van der Waals surface area contributed by atoms with Gasteiger partial charge in [0, 0.05) is 16.7 Å². The Bertz CT molecular complexity index is 1290. The van der Waals surface area contributed by atoms with E-state index in [1.165, 1.54) is 0 Å². The van der Waals surface area contributed by atoms with Gasteiger partial charge in [-0.3, -0.25) is 0 Å². The van der Waals surface area contributed by atoms with Gasteiger partial charge < -0.3 is 14.9 Å². The Morgan fingerprint density at radius 1 is 0.875 bits per heavy atom. The summed E-state index contributed by atoms with van der Waals surface area (Å²) in [6, 6.07) is 29.6. The molecule has 0 aliphatic carbocycles. The molecular formula is C27H23N3O2. The first-order chi connectivity index (χ1) is 15.8. The van der Waals surface area contributed by atoms with Crippen molar-refractivity contribution in [3.05, 3.63) is 107 Å². The molecule has 0 aliphatic rings. The largest absolute Gasteiger partial charge is 0.496 e. The maximum Gasteiger partial charge on any atom is 0.129 e. The first-order valence-electron chi connectivity index (χ1n) is 10.3. The summed E-state index contributed by atoms with van der Waals surface area (Å²) in [5.74, 6) is 1.53. The number of hydrazone groups is 1. The average Bonchev–Trinajstić information content (AvgIpc) is 2.86. The normalized spacial score (nSPS) is 10.8. The molecule has 5 heteroatoms. The Kier molecular flexibility index (Phi) is 6.64. The summed E-state index contributed by atoms with van der Waals surface area (Å²) in [4.78, 5) is 0. The molecular weight excluding hydrogens is 398 g/mol. The van der Waals surface area contributed by atoms with Crippen molar-refractivity contribution >= 4 is 17.0 Å². The van der Waals surface area contributed by atoms with Crippen LogP contribution in [0.3, 0.4) is 0 Å². The fraction of sp³-hybridized carbons (Fsp3) is 0.111. The summed E-state index contributed by atoms with van der Waals surface area (Å²) in [5.41, 5.74) is 6.46. The molecule has 158 valence electrons. The van der Waals surface area contributed by atoms with Crippen molar-refractivity contribution in [1.82, 2.24) is 5.43 Å². The Morgan fingerprint density at radius 2 is 1.62 bits per heavy atom. The van der Waals surface area contributed by atoms with Crippen LogP contribution in [0.15, 0.2) is 90.0 Å². The number of nitrogens with zero attached hydrogens (tertiary/aromatic N) is 2. The van der Waals surface area contributed by atoms with Gasteiger partial charge in [0.1, 0.15) is 18.1 Å². The van der Waals surface area contributed by atoms with Crippen LogP contribution in [-0.2, 0) is 13.2 Å². The Morgan fingerprint density at radius 3 is 2.47 bits per heavy atom. The molecule has 4 aromatic rings. The molecule has 0 amide bonds. The Labute approximate surface area is 187 Å². The number of nitrogens with one attached hydrogen (secondary N) is 1. The first-order valence-corrected chi connectivity index (χ1v) is 10.3. The van der Waals surface area contributed by atoms with Crippen LogP contribution in [0.4, 0.5) is 0 Å². The van der Waals surface area contributed by atoms with Crippen molar-refractivity contribution < 1.29 is 9.47 Å². The highest BCUT2D eigenvalue weighted by Crippen LogP contribution is 2.28. The van der Waals surface area contributed by atoms with Gasteiger partial charge in [0.25, 0.3) is 0 Å². The van der Waals surface area contributed by atoms with Gasteiger partial charge in [-0.25, -0.2) is 0 Å². The summed E-state index contributed by atoms with van der Waals surface area (Å²) >= 11 is 0. The number of para-hydroxylation sites is 1. The second-order valence-corrected chi connectivity index (χ2v) is 7.16. The highest BCUT2D eigenvalue weighted by Gasteiger charge is 2.09. The molecule has 0 atom stereocenters. The minimum absolute atomic E-state index is 0.303. The van der Waals surface area contributed by atoms with E-state index in [1.807, 2.05) is 72.8 Å². The minimum Gasteiger partial charge on any atom is -0.496 e. The third kappa shape index (κ3) is 4.71. The van der Waals surface area contributed by atoms with E-state index in [-0.39, 0.29) is 0 Å². The average molecular weight is 422 g/mol. The van der Waals surface area contributed by atoms with E-state index in [9.17, 15) is 5.26 Å². The van der Waals surface area contributed by atoms with Gasteiger partial charge in [-0.1, -0.05) is 66.7 Å². The molecule has 0 radical (unpaired) electrons. The van der Waals surface area contributed by atoms with Crippen LogP contribution in [0.25, 0.3) is 10.8 Å². The van der Waals surface area contributed by atoms with Gasteiger partial charge in [-0.05, 0) is 29.0 Å². The number of hydrogen-bond donors (Lipinski definition) is 1. The molecule has 4 rings (SSSR count). The van der Waals surface area contributed by atoms with E-state index in [1.54, 1.807) is 19.4 Å². The zero-order valence-corrected chi connectivity index (χ0v) is 17.8. The second kappa shape index (κ2) is 10.1. The molecule has 0 bridgehead atoms. The quantitative estimate of drug-likeness (QED) is 0.305. The summed E-state index contributed by atoms with van der Waals surface area (Å²) in [5, 5.41) is 15.9. The molecule has 0 unspecified atom stereocenters. The monoisotopic (exact) mass is 421 g/mol. The van der Waals surface area contributed by atoms with E-state index in [4.69, 9.17) is 9.47 Å². The van der Waals surface area contributed by atoms with E-state index >= 15 is 0 Å². The van der Waals surface area contributed by atoms with Gasteiger partial charge in [0.05, 0.1) is 31.5 Å². The smallest absolute Gasteiger partial charge is 0.129 e. The van der Waals surface area contributed by atoms with Crippen LogP contribution < -0.4 is 14.9 Å². The lowest BCUT2D eigenvalue weighted by atomic mass is 10.0.